The lowest BCUT2D eigenvalue weighted by Crippen LogP contribution is -2.46. The summed E-state index contributed by atoms with van der Waals surface area (Å²) < 4.78 is 43.1. The third-order valence-corrected chi connectivity index (χ3v) is 7.87. The lowest BCUT2D eigenvalue weighted by atomic mass is 9.67. The third-order valence-electron chi connectivity index (χ3n) is 7.87. The van der Waals surface area contributed by atoms with Gasteiger partial charge in [0.2, 0.25) is 5.91 Å². The van der Waals surface area contributed by atoms with Crippen LogP contribution in [0.2, 0.25) is 0 Å². The Morgan fingerprint density at radius 1 is 0.609 bits per heavy atom. The molecule has 1 fully saturated rings. The van der Waals surface area contributed by atoms with Gasteiger partial charge in [-0.2, -0.15) is 0 Å². The number of ketones is 2. The van der Waals surface area contributed by atoms with E-state index in [1.54, 1.807) is 7.11 Å². The number of piperidine rings is 1. The topological polar surface area (TPSA) is 128 Å². The first-order valence-electron chi connectivity index (χ1n) is 16.9. The van der Waals surface area contributed by atoms with Crippen LogP contribution in [0.1, 0.15) is 66.7 Å². The van der Waals surface area contributed by atoms with Crippen LogP contribution in [-0.4, -0.2) is 142 Å². The summed E-state index contributed by atoms with van der Waals surface area (Å²) in [5, 5.41) is 0. The van der Waals surface area contributed by atoms with Crippen LogP contribution < -0.4 is 0 Å². The first-order valence-corrected chi connectivity index (χ1v) is 16.9. The predicted molar refractivity (Wildman–Crippen MR) is 174 cm³/mol. The zero-order valence-electron chi connectivity index (χ0n) is 29.6. The van der Waals surface area contributed by atoms with E-state index in [0.717, 1.165) is 0 Å². The van der Waals surface area contributed by atoms with Crippen molar-refractivity contribution < 1.29 is 52.3 Å². The summed E-state index contributed by atoms with van der Waals surface area (Å²) in [7, 11) is 1.64. The second-order valence-corrected chi connectivity index (χ2v) is 13.1. The molecule has 0 bridgehead atoms. The molecule has 1 aliphatic heterocycles. The van der Waals surface area contributed by atoms with E-state index >= 15 is 0 Å². The molecule has 46 heavy (non-hydrogen) atoms. The number of carbonyl (C=O) groups is 3. The van der Waals surface area contributed by atoms with E-state index in [4.69, 9.17) is 37.9 Å². The molecule has 1 aliphatic rings. The Balaban J connectivity index is 2.00. The van der Waals surface area contributed by atoms with Crippen LogP contribution in [-0.2, 0) is 52.3 Å². The Morgan fingerprint density at radius 3 is 1.33 bits per heavy atom. The summed E-state index contributed by atoms with van der Waals surface area (Å²) in [6, 6.07) is 0. The average molecular weight is 662 g/mol. The Kier molecular flexibility index (Phi) is 23.6. The maximum absolute atomic E-state index is 12.9. The molecule has 0 saturated carbocycles. The van der Waals surface area contributed by atoms with E-state index in [0.29, 0.717) is 144 Å². The van der Waals surface area contributed by atoms with Gasteiger partial charge in [0.15, 0.2) is 0 Å². The molecule has 0 spiro atoms. The fourth-order valence-electron chi connectivity index (χ4n) is 4.71. The molecule has 0 aromatic rings. The van der Waals surface area contributed by atoms with E-state index in [2.05, 4.69) is 0 Å². The lowest BCUT2D eigenvalue weighted by molar-refractivity contribution is -0.137. The third kappa shape index (κ3) is 20.7. The fraction of sp³-hybridized carbons (Fsp3) is 0.912. The number of methoxy groups -OCH3 is 1. The molecule has 1 rings (SSSR count). The number of likely N-dealkylation sites (tertiary alicyclic amines) is 1. The molecule has 0 unspecified atom stereocenters. The largest absolute Gasteiger partial charge is 0.382 e. The Morgan fingerprint density at radius 2 is 0.978 bits per heavy atom. The van der Waals surface area contributed by atoms with Gasteiger partial charge in [-0.3, -0.25) is 14.4 Å². The molecule has 0 aliphatic carbocycles. The summed E-state index contributed by atoms with van der Waals surface area (Å²) in [6.07, 6.45) is 2.42. The van der Waals surface area contributed by atoms with Crippen molar-refractivity contribution in [2.75, 3.05) is 119 Å². The van der Waals surface area contributed by atoms with Crippen molar-refractivity contribution in [3.05, 3.63) is 0 Å². The van der Waals surface area contributed by atoms with Crippen molar-refractivity contribution in [2.45, 2.75) is 66.7 Å². The fourth-order valence-corrected chi connectivity index (χ4v) is 4.71. The molecular weight excluding hydrogens is 598 g/mol. The van der Waals surface area contributed by atoms with Crippen LogP contribution in [0.4, 0.5) is 0 Å². The highest BCUT2D eigenvalue weighted by molar-refractivity contribution is 5.86. The Labute approximate surface area is 277 Å². The number of rotatable bonds is 29. The lowest BCUT2D eigenvalue weighted by Gasteiger charge is -2.42. The van der Waals surface area contributed by atoms with Crippen molar-refractivity contribution in [1.29, 1.82) is 0 Å². The van der Waals surface area contributed by atoms with Crippen LogP contribution in [0.5, 0.6) is 0 Å². The monoisotopic (exact) mass is 661 g/mol. The summed E-state index contributed by atoms with van der Waals surface area (Å²) in [5.74, 6) is 0.335. The molecule has 12 nitrogen and oxygen atoms in total. The molecular formula is C34H63NO11. The molecule has 270 valence electrons. The molecule has 0 N–H and O–H groups in total. The normalized spacial score (nSPS) is 15.1. The number of carbonyl (C=O) groups excluding carboxylic acids is 3. The van der Waals surface area contributed by atoms with E-state index in [1.165, 1.54) is 0 Å². The second kappa shape index (κ2) is 25.5. The minimum atomic E-state index is -0.446. The highest BCUT2D eigenvalue weighted by atomic mass is 16.6. The number of ether oxygens (including phenoxy) is 8. The van der Waals surface area contributed by atoms with Gasteiger partial charge in [0.25, 0.3) is 0 Å². The van der Waals surface area contributed by atoms with Gasteiger partial charge in [-0.25, -0.2) is 0 Å². The zero-order valence-corrected chi connectivity index (χ0v) is 29.6. The Hall–Kier alpha value is -1.51. The minimum Gasteiger partial charge on any atom is -0.382 e. The molecule has 1 saturated heterocycles. The minimum absolute atomic E-state index is 0.0404. The van der Waals surface area contributed by atoms with Crippen molar-refractivity contribution in [3.63, 3.8) is 0 Å². The quantitative estimate of drug-likeness (QED) is 0.110. The number of nitrogens with zero attached hydrogens (tertiary/aromatic N) is 1. The molecule has 0 aromatic heterocycles. The van der Waals surface area contributed by atoms with Crippen LogP contribution in [0, 0.1) is 16.7 Å². The molecule has 0 atom stereocenters. The van der Waals surface area contributed by atoms with Crippen LogP contribution in [0.3, 0.4) is 0 Å². The molecule has 1 amide bonds. The van der Waals surface area contributed by atoms with Crippen LogP contribution in [0.15, 0.2) is 0 Å². The summed E-state index contributed by atoms with van der Waals surface area (Å²) in [4.78, 5) is 40.1. The van der Waals surface area contributed by atoms with Crippen LogP contribution >= 0.6 is 0 Å². The molecule has 0 aromatic carbocycles. The van der Waals surface area contributed by atoms with Gasteiger partial charge in [-0.15, -0.1) is 0 Å². The van der Waals surface area contributed by atoms with Gasteiger partial charge in [0, 0.05) is 44.4 Å². The van der Waals surface area contributed by atoms with Crippen molar-refractivity contribution in [1.82, 2.24) is 4.90 Å². The Bertz CT molecular complexity index is 807. The van der Waals surface area contributed by atoms with Gasteiger partial charge in [0.1, 0.15) is 11.6 Å². The number of hydrogen-bond acceptors (Lipinski definition) is 11. The van der Waals surface area contributed by atoms with Crippen molar-refractivity contribution >= 4 is 17.5 Å². The molecule has 0 radical (unpaired) electrons. The smallest absolute Gasteiger partial charge is 0.224 e. The maximum Gasteiger partial charge on any atom is 0.224 e. The number of Topliss-reactive ketones (excluding diaryl/α,β-unsaturated/α-hetero) is 2. The van der Waals surface area contributed by atoms with Gasteiger partial charge in [-0.1, -0.05) is 34.6 Å². The standard InChI is InChI=1S/C34H63NO11/c1-29(2)30(36)27-34(28-31(37)33(3,4)5)8-10-35(11-9-34)32(38)7-12-40-15-16-42-19-20-44-23-24-46-26-25-45-22-21-43-18-17-41-14-13-39-6/h29H,7-28H2,1-6H3. The SMILES string of the molecule is COCCOCCOCCOCCOCCOCCOCCOCCC(=O)N1CCC(CC(=O)C(C)C)(CC(=O)C(C)(C)C)CC1. The summed E-state index contributed by atoms with van der Waals surface area (Å²) >= 11 is 0. The van der Waals surface area contributed by atoms with Gasteiger partial charge in [0.05, 0.1) is 106 Å². The first-order chi connectivity index (χ1) is 22.0. The van der Waals surface area contributed by atoms with Gasteiger partial charge >= 0.3 is 0 Å². The highest BCUT2D eigenvalue weighted by Gasteiger charge is 2.41. The second-order valence-electron chi connectivity index (χ2n) is 13.1. The zero-order chi connectivity index (χ0) is 34.1. The highest BCUT2D eigenvalue weighted by Crippen LogP contribution is 2.41. The first kappa shape index (κ1) is 42.5. The van der Waals surface area contributed by atoms with Crippen molar-refractivity contribution in [3.8, 4) is 0 Å². The van der Waals surface area contributed by atoms with E-state index < -0.39 is 5.41 Å². The van der Waals surface area contributed by atoms with E-state index in [1.807, 2.05) is 39.5 Å². The van der Waals surface area contributed by atoms with Crippen molar-refractivity contribution in [2.24, 2.45) is 16.7 Å². The van der Waals surface area contributed by atoms with E-state index in [9.17, 15) is 14.4 Å². The predicted octanol–water partition coefficient (Wildman–Crippen LogP) is 3.37. The average Bonchev–Trinajstić information content (AvgIpc) is 3.01. The molecule has 12 heteroatoms. The van der Waals surface area contributed by atoms with Crippen LogP contribution in [0.25, 0.3) is 0 Å². The maximum atomic E-state index is 12.9. The number of amides is 1. The molecule has 1 heterocycles. The van der Waals surface area contributed by atoms with Gasteiger partial charge in [-0.05, 0) is 18.3 Å². The van der Waals surface area contributed by atoms with Gasteiger partial charge < -0.3 is 42.8 Å². The summed E-state index contributed by atoms with van der Waals surface area (Å²) in [5.41, 5.74) is -0.808. The van der Waals surface area contributed by atoms with E-state index in [-0.39, 0.29) is 28.8 Å². The number of hydrogen-bond donors (Lipinski definition) is 0. The summed E-state index contributed by atoms with van der Waals surface area (Å²) in [6.45, 7) is 18.0.